The topological polar surface area (TPSA) is 95.2 Å². The van der Waals surface area contributed by atoms with Crippen molar-refractivity contribution in [3.05, 3.63) is 11.4 Å². The average Bonchev–Trinajstić information content (AvgIpc) is 2.95. The van der Waals surface area contributed by atoms with Gasteiger partial charge in [0.15, 0.2) is 5.69 Å². The van der Waals surface area contributed by atoms with Crippen LogP contribution in [0.15, 0.2) is 0 Å². The van der Waals surface area contributed by atoms with Crippen molar-refractivity contribution in [3.8, 4) is 0 Å². The third-order valence-electron chi connectivity index (χ3n) is 3.72. The summed E-state index contributed by atoms with van der Waals surface area (Å²) in [6.45, 7) is 5.58. The van der Waals surface area contributed by atoms with Crippen LogP contribution in [0.3, 0.4) is 0 Å². The van der Waals surface area contributed by atoms with Crippen molar-refractivity contribution in [2.24, 2.45) is 5.92 Å². The number of carbonyl (C=O) groups is 1. The van der Waals surface area contributed by atoms with Crippen molar-refractivity contribution in [1.82, 2.24) is 15.1 Å². The van der Waals surface area contributed by atoms with E-state index in [-0.39, 0.29) is 18.4 Å². The fraction of sp³-hybridized carbons (Fsp3) is 0.692. The number of hydrogen-bond acceptors (Lipinski definition) is 4. The molecule has 0 aliphatic carbocycles. The number of hydrogen-bond donors (Lipinski definition) is 3. The molecule has 1 amide bonds. The molecule has 0 aromatic carbocycles. The van der Waals surface area contributed by atoms with Crippen LogP contribution in [0.25, 0.3) is 0 Å². The van der Waals surface area contributed by atoms with E-state index >= 15 is 0 Å². The van der Waals surface area contributed by atoms with Crippen LogP contribution in [0.4, 0.5) is 5.69 Å². The highest BCUT2D eigenvalue weighted by Crippen LogP contribution is 2.26. The Balaban J connectivity index is 2.09. The van der Waals surface area contributed by atoms with Crippen LogP contribution in [0.5, 0.6) is 0 Å². The Morgan fingerprint density at radius 2 is 2.37 bits per heavy atom. The smallest absolute Gasteiger partial charge is 0.276 e. The number of aromatic amines is 1. The molecule has 1 aliphatic rings. The molecule has 0 saturated carbocycles. The van der Waals surface area contributed by atoms with E-state index in [1.54, 1.807) is 4.90 Å². The maximum Gasteiger partial charge on any atom is 0.276 e. The quantitative estimate of drug-likeness (QED) is 0.756. The van der Waals surface area contributed by atoms with Crippen molar-refractivity contribution in [2.75, 3.05) is 25.4 Å². The number of aliphatic hydroxyl groups excluding tert-OH is 1. The molecule has 1 saturated heterocycles. The van der Waals surface area contributed by atoms with Gasteiger partial charge in [0.2, 0.25) is 0 Å². The fourth-order valence-electron chi connectivity index (χ4n) is 2.55. The summed E-state index contributed by atoms with van der Waals surface area (Å²) >= 11 is 0. The first kappa shape index (κ1) is 13.9. The molecule has 0 spiro atoms. The third kappa shape index (κ3) is 2.73. The normalized spacial score (nSPS) is 19.4. The molecule has 0 radical (unpaired) electrons. The number of carbonyl (C=O) groups excluding carboxylic acids is 1. The minimum atomic E-state index is -0.110. The Morgan fingerprint density at radius 1 is 1.63 bits per heavy atom. The molecule has 2 rings (SSSR count). The van der Waals surface area contributed by atoms with Gasteiger partial charge < -0.3 is 15.7 Å². The minimum absolute atomic E-state index is 0.110. The molecule has 106 valence electrons. The van der Waals surface area contributed by atoms with E-state index in [2.05, 4.69) is 10.2 Å². The number of rotatable bonds is 4. The number of nitrogen functional groups attached to an aromatic ring is 1. The van der Waals surface area contributed by atoms with Crippen LogP contribution in [-0.2, 0) is 0 Å². The van der Waals surface area contributed by atoms with Gasteiger partial charge in [-0.1, -0.05) is 13.8 Å². The highest BCUT2D eigenvalue weighted by molar-refractivity contribution is 5.97. The van der Waals surface area contributed by atoms with Gasteiger partial charge in [0, 0.05) is 19.7 Å². The van der Waals surface area contributed by atoms with E-state index in [0.717, 1.165) is 18.5 Å². The maximum absolute atomic E-state index is 12.4. The molecule has 1 atom stereocenters. The van der Waals surface area contributed by atoms with Crippen LogP contribution in [0.1, 0.15) is 48.8 Å². The van der Waals surface area contributed by atoms with Gasteiger partial charge in [-0.15, -0.1) is 0 Å². The number of aromatic nitrogens is 2. The monoisotopic (exact) mass is 266 g/mol. The SMILES string of the molecule is CC(C)c1[nH]nc(C(=O)N2CCC(CCO)C2)c1N. The molecular formula is C13H22N4O2. The van der Waals surface area contributed by atoms with Gasteiger partial charge in [-0.05, 0) is 24.7 Å². The zero-order valence-electron chi connectivity index (χ0n) is 11.5. The summed E-state index contributed by atoms with van der Waals surface area (Å²) in [5.41, 5.74) is 7.59. The molecule has 1 unspecified atom stereocenters. The number of nitrogens with zero attached hydrogens (tertiary/aromatic N) is 2. The Kier molecular flexibility index (Phi) is 4.09. The van der Waals surface area contributed by atoms with E-state index in [0.29, 0.717) is 30.4 Å². The van der Waals surface area contributed by atoms with Gasteiger partial charge in [-0.3, -0.25) is 9.89 Å². The Labute approximate surface area is 113 Å². The summed E-state index contributed by atoms with van der Waals surface area (Å²) in [5, 5.41) is 15.8. The maximum atomic E-state index is 12.4. The minimum Gasteiger partial charge on any atom is -0.396 e. The molecule has 1 aromatic heterocycles. The third-order valence-corrected chi connectivity index (χ3v) is 3.72. The largest absolute Gasteiger partial charge is 0.396 e. The van der Waals surface area contributed by atoms with Gasteiger partial charge in [0.05, 0.1) is 11.4 Å². The van der Waals surface area contributed by atoms with Gasteiger partial charge in [-0.25, -0.2) is 0 Å². The highest BCUT2D eigenvalue weighted by Gasteiger charge is 2.29. The summed E-state index contributed by atoms with van der Waals surface area (Å²) in [5.74, 6) is 0.495. The number of likely N-dealkylation sites (tertiary alicyclic amines) is 1. The lowest BCUT2D eigenvalue weighted by Gasteiger charge is -2.15. The average molecular weight is 266 g/mol. The summed E-state index contributed by atoms with van der Waals surface area (Å²) in [6.07, 6.45) is 1.69. The predicted octanol–water partition coefficient (Wildman–Crippen LogP) is 0.960. The second-order valence-electron chi connectivity index (χ2n) is 5.47. The van der Waals surface area contributed by atoms with Crippen molar-refractivity contribution >= 4 is 11.6 Å². The van der Waals surface area contributed by atoms with E-state index in [9.17, 15) is 4.79 Å². The van der Waals surface area contributed by atoms with Crippen LogP contribution in [0, 0.1) is 5.92 Å². The van der Waals surface area contributed by atoms with Crippen LogP contribution >= 0.6 is 0 Å². The lowest BCUT2D eigenvalue weighted by molar-refractivity contribution is 0.0780. The van der Waals surface area contributed by atoms with Crippen molar-refractivity contribution < 1.29 is 9.90 Å². The van der Waals surface area contributed by atoms with Crippen molar-refractivity contribution in [3.63, 3.8) is 0 Å². The number of anilines is 1. The number of nitrogens with two attached hydrogens (primary N) is 1. The number of amides is 1. The molecule has 1 aliphatic heterocycles. The Hall–Kier alpha value is -1.56. The molecule has 4 N–H and O–H groups in total. The van der Waals surface area contributed by atoms with Crippen LogP contribution < -0.4 is 5.73 Å². The predicted molar refractivity (Wildman–Crippen MR) is 72.8 cm³/mol. The standard InChI is InChI=1S/C13H22N4O2/c1-8(2)11-10(14)12(16-15-11)13(19)17-5-3-9(7-17)4-6-18/h8-9,18H,3-7,14H2,1-2H3,(H,15,16). The van der Waals surface area contributed by atoms with Crippen molar-refractivity contribution in [1.29, 1.82) is 0 Å². The van der Waals surface area contributed by atoms with Crippen molar-refractivity contribution in [2.45, 2.75) is 32.6 Å². The number of aliphatic hydroxyl groups is 1. The summed E-state index contributed by atoms with van der Waals surface area (Å²) in [7, 11) is 0. The molecule has 1 aromatic rings. The second-order valence-corrected chi connectivity index (χ2v) is 5.47. The Bertz CT molecular complexity index is 455. The molecule has 0 bridgehead atoms. The zero-order chi connectivity index (χ0) is 14.0. The lowest BCUT2D eigenvalue weighted by Crippen LogP contribution is -2.29. The molecular weight excluding hydrogens is 244 g/mol. The van der Waals surface area contributed by atoms with Gasteiger partial charge in [0.25, 0.3) is 5.91 Å². The summed E-state index contributed by atoms with van der Waals surface area (Å²) in [6, 6.07) is 0. The van der Waals surface area contributed by atoms with E-state index in [4.69, 9.17) is 10.8 Å². The fourth-order valence-corrected chi connectivity index (χ4v) is 2.55. The van der Waals surface area contributed by atoms with Gasteiger partial charge in [-0.2, -0.15) is 5.10 Å². The first-order chi connectivity index (χ1) is 9.04. The second kappa shape index (κ2) is 5.61. The number of H-pyrrole nitrogens is 1. The van der Waals surface area contributed by atoms with E-state index in [1.165, 1.54) is 0 Å². The van der Waals surface area contributed by atoms with Gasteiger partial charge in [0.1, 0.15) is 0 Å². The summed E-state index contributed by atoms with van der Waals surface area (Å²) < 4.78 is 0. The molecule has 19 heavy (non-hydrogen) atoms. The van der Waals surface area contributed by atoms with E-state index < -0.39 is 0 Å². The highest BCUT2D eigenvalue weighted by atomic mass is 16.3. The molecule has 6 nitrogen and oxygen atoms in total. The molecule has 2 heterocycles. The zero-order valence-corrected chi connectivity index (χ0v) is 11.5. The first-order valence-electron chi connectivity index (χ1n) is 6.78. The summed E-state index contributed by atoms with van der Waals surface area (Å²) in [4.78, 5) is 14.1. The van der Waals surface area contributed by atoms with Gasteiger partial charge >= 0.3 is 0 Å². The van der Waals surface area contributed by atoms with Crippen LogP contribution in [-0.4, -0.2) is 45.8 Å². The first-order valence-corrected chi connectivity index (χ1v) is 6.78. The number of nitrogens with one attached hydrogen (secondary N) is 1. The van der Waals surface area contributed by atoms with E-state index in [1.807, 2.05) is 13.8 Å². The molecule has 1 fully saturated rings. The Morgan fingerprint density at radius 3 is 2.95 bits per heavy atom. The lowest BCUT2D eigenvalue weighted by atomic mass is 10.1. The molecule has 6 heteroatoms. The van der Waals surface area contributed by atoms with Crippen LogP contribution in [0.2, 0.25) is 0 Å².